The van der Waals surface area contributed by atoms with Gasteiger partial charge >= 0.3 is 17.9 Å². The molecule has 0 aromatic carbocycles. The number of hydrogen-bond acceptors (Lipinski definition) is 26. The van der Waals surface area contributed by atoms with Gasteiger partial charge in [0.1, 0.15) is 91.6 Å². The van der Waals surface area contributed by atoms with E-state index >= 15 is 0 Å². The molecular formula is C59H92O27. The van der Waals surface area contributed by atoms with Crippen molar-refractivity contribution in [3.8, 4) is 0 Å². The highest BCUT2D eigenvalue weighted by atomic mass is 16.8. The van der Waals surface area contributed by atoms with E-state index in [9.17, 15) is 85.9 Å². The van der Waals surface area contributed by atoms with Crippen molar-refractivity contribution in [2.45, 2.75) is 242 Å². The molecule has 4 aliphatic heterocycles. The summed E-state index contributed by atoms with van der Waals surface area (Å²) in [7, 11) is 0. The number of ether oxygens (including phenoxy) is 10. The lowest BCUT2D eigenvalue weighted by molar-refractivity contribution is -0.400. The van der Waals surface area contributed by atoms with E-state index in [1.807, 2.05) is 20.8 Å². The van der Waals surface area contributed by atoms with Crippen LogP contribution >= 0.6 is 0 Å². The zero-order valence-electron chi connectivity index (χ0n) is 50.1. The van der Waals surface area contributed by atoms with Gasteiger partial charge in [-0.2, -0.15) is 0 Å². The molecule has 0 aromatic rings. The van der Waals surface area contributed by atoms with Gasteiger partial charge in [0.05, 0.1) is 50.7 Å². The van der Waals surface area contributed by atoms with Crippen molar-refractivity contribution in [1.29, 1.82) is 0 Å². The van der Waals surface area contributed by atoms with Crippen molar-refractivity contribution in [2.24, 2.45) is 50.2 Å². The molecule has 0 amide bonds. The minimum Gasteiger partial charge on any atom is -0.479 e. The van der Waals surface area contributed by atoms with E-state index in [0.29, 0.717) is 37.7 Å². The summed E-state index contributed by atoms with van der Waals surface area (Å²) < 4.78 is 60.8. The first-order valence-electron chi connectivity index (χ1n) is 30.0. The standard InChI is InChI=1S/C59H92O27/c1-10-24(2)49(76)86-46-47(79-25(3)63)59(23-62)27(17-54(46,4)5)26-11-12-32-55(6)15-14-34(56(7,22-61)31(55)13-16-57(32,8)58(26,9)18-33(59)66)81-53-45(85-52-44(36(68)29(65)21-78-52)84-50-39(71)35(67)28(64)20-77-50)42(41(73)43(83-53)48(74)75)82-51-40(72)38(70)37(69)30(19-60)80-51/h10-11,27-47,50-53,60-62,64-73H,12-23H2,1-9H3,(H,74,75)/b24-10-/t27-,28+,29-,30+,31+,32+,33+,34-,35-,36-,37-,38-,39+,40+,41-,42-,43-,44+,45+,46-,47-,50-,51-,52-,53+,55-,56-,57+,58+,59-/m0/s1. The van der Waals surface area contributed by atoms with Gasteiger partial charge < -0.3 is 119 Å². The lowest BCUT2D eigenvalue weighted by atomic mass is 9.33. The highest BCUT2D eigenvalue weighted by molar-refractivity contribution is 5.87. The molecule has 4 saturated heterocycles. The maximum atomic E-state index is 13.5. The van der Waals surface area contributed by atoms with Crippen LogP contribution in [0.2, 0.25) is 0 Å². The number of hydrogen-bond donors (Lipinski definition) is 14. The van der Waals surface area contributed by atoms with Crippen LogP contribution in [0.4, 0.5) is 0 Å². The number of aliphatic carboxylic acids is 1. The van der Waals surface area contributed by atoms with Gasteiger partial charge in [-0.05, 0) is 92.8 Å². The predicted octanol–water partition coefficient (Wildman–Crippen LogP) is -2.22. The highest BCUT2D eigenvalue weighted by Gasteiger charge is 2.74. The minimum atomic E-state index is -2.26. The third-order valence-electron chi connectivity index (χ3n) is 22.4. The summed E-state index contributed by atoms with van der Waals surface area (Å²) in [6, 6.07) is 0. The largest absolute Gasteiger partial charge is 0.479 e. The summed E-state index contributed by atoms with van der Waals surface area (Å²) in [5, 5.41) is 156. The first-order chi connectivity index (χ1) is 40.3. The van der Waals surface area contributed by atoms with Crippen molar-refractivity contribution in [1.82, 2.24) is 0 Å². The van der Waals surface area contributed by atoms with Gasteiger partial charge in [0.25, 0.3) is 0 Å². The predicted molar refractivity (Wildman–Crippen MR) is 290 cm³/mol. The maximum Gasteiger partial charge on any atom is 0.335 e. The molecule has 0 aromatic heterocycles. The number of carboxylic acid groups (broad SMARTS) is 1. The molecule has 86 heavy (non-hydrogen) atoms. The molecule has 9 aliphatic rings. The molecule has 30 atom stereocenters. The molecule has 0 unspecified atom stereocenters. The van der Waals surface area contributed by atoms with E-state index in [2.05, 4.69) is 26.8 Å². The molecule has 490 valence electrons. The van der Waals surface area contributed by atoms with E-state index in [1.54, 1.807) is 19.9 Å². The summed E-state index contributed by atoms with van der Waals surface area (Å²) in [6.45, 7) is 13.6. The van der Waals surface area contributed by atoms with Crippen LogP contribution in [-0.4, -0.2) is 257 Å². The Labute approximate surface area is 498 Å². The topological polar surface area (TPSA) is 427 Å². The van der Waals surface area contributed by atoms with E-state index in [-0.39, 0.29) is 24.7 Å². The summed E-state index contributed by atoms with van der Waals surface area (Å²) in [6.07, 6.45) is -32.4. The molecule has 0 radical (unpaired) electrons. The second kappa shape index (κ2) is 24.9. The number of carbonyl (C=O) groups excluding carboxylic acids is 2. The van der Waals surface area contributed by atoms with Crippen LogP contribution in [0.1, 0.15) is 107 Å². The Bertz CT molecular complexity index is 2510. The second-order valence-electron chi connectivity index (χ2n) is 27.4. The molecule has 27 nitrogen and oxygen atoms in total. The second-order valence-corrected chi connectivity index (χ2v) is 27.4. The third-order valence-corrected chi connectivity index (χ3v) is 22.4. The van der Waals surface area contributed by atoms with Crippen molar-refractivity contribution in [2.75, 3.05) is 33.0 Å². The minimum absolute atomic E-state index is 0.121. The van der Waals surface area contributed by atoms with Gasteiger partial charge in [-0.3, -0.25) is 4.79 Å². The summed E-state index contributed by atoms with van der Waals surface area (Å²) in [5.74, 6) is -4.03. The summed E-state index contributed by atoms with van der Waals surface area (Å²) in [5.41, 5.74) is -4.02. The maximum absolute atomic E-state index is 13.5. The normalized spacial score (nSPS) is 51.2. The smallest absolute Gasteiger partial charge is 0.335 e. The van der Waals surface area contributed by atoms with E-state index in [4.69, 9.17) is 47.4 Å². The average Bonchev–Trinajstić information content (AvgIpc) is 0.675. The SMILES string of the molecule is C/C=C(/C)C(=O)O[C@H]1[C@H](OC(C)=O)[C@]2(CO)[C@H](O)C[C@]3(C)C(=CC[C@@H]4[C@@]5(C)CC[C@H](O[C@@H]6O[C@H](C(=O)O)[C@@H](O)[C@H](O[C@@H]7O[C@H](CO)[C@H](O)[C@H](O)[C@H]7O)[C@H]6O[C@@H]6OC[C@H](O)[C@H](O)[C@H]6O[C@@H]6OC[C@@H](O)[C@H](O)[C@H]6O)[C@@](C)(CO)[C@@H]5CC[C@]43C)[C@@H]2CC1(C)C. The zero-order valence-corrected chi connectivity index (χ0v) is 50.1. The van der Waals surface area contributed by atoms with Crippen LogP contribution in [0.15, 0.2) is 23.3 Å². The van der Waals surface area contributed by atoms with Crippen LogP contribution in [-0.2, 0) is 61.8 Å². The number of esters is 2. The molecule has 14 N–H and O–H groups in total. The van der Waals surface area contributed by atoms with Crippen LogP contribution in [0.5, 0.6) is 0 Å². The van der Waals surface area contributed by atoms with Crippen LogP contribution in [0.25, 0.3) is 0 Å². The zero-order chi connectivity index (χ0) is 63.3. The Hall–Kier alpha value is -2.95. The molecular weight excluding hydrogens is 1140 g/mol. The fourth-order valence-electron chi connectivity index (χ4n) is 17.1. The highest BCUT2D eigenvalue weighted by Crippen LogP contribution is 2.76. The fraction of sp³-hybridized carbons (Fsp3) is 0.881. The lowest BCUT2D eigenvalue weighted by Crippen LogP contribution is -2.72. The lowest BCUT2D eigenvalue weighted by Gasteiger charge is -2.72. The first kappa shape index (κ1) is 67.4. The molecule has 0 spiro atoms. The fourth-order valence-corrected chi connectivity index (χ4v) is 17.1. The van der Waals surface area contributed by atoms with E-state index in [0.717, 1.165) is 5.57 Å². The first-order valence-corrected chi connectivity index (χ1v) is 30.0. The molecule has 4 saturated carbocycles. The van der Waals surface area contributed by atoms with Gasteiger partial charge in [-0.1, -0.05) is 59.3 Å². The Morgan fingerprint density at radius 3 is 1.88 bits per heavy atom. The van der Waals surface area contributed by atoms with Crippen molar-refractivity contribution in [3.05, 3.63) is 23.3 Å². The number of aliphatic hydroxyl groups excluding tert-OH is 13. The number of rotatable bonds is 15. The van der Waals surface area contributed by atoms with Crippen LogP contribution < -0.4 is 0 Å². The van der Waals surface area contributed by atoms with Gasteiger partial charge in [0.2, 0.25) is 0 Å². The van der Waals surface area contributed by atoms with Gasteiger partial charge in [0.15, 0.2) is 31.3 Å². The quantitative estimate of drug-likeness (QED) is 0.0357. The number of aliphatic hydroxyl groups is 13. The number of fused-ring (bicyclic) bond motifs is 7. The van der Waals surface area contributed by atoms with Gasteiger partial charge in [-0.25, -0.2) is 9.59 Å². The molecule has 4 heterocycles. The summed E-state index contributed by atoms with van der Waals surface area (Å²) in [4.78, 5) is 39.6. The Morgan fingerprint density at radius 2 is 1.27 bits per heavy atom. The Kier molecular flexibility index (Phi) is 19.5. The number of carbonyl (C=O) groups is 3. The van der Waals surface area contributed by atoms with Crippen molar-refractivity contribution < 1.29 is 133 Å². The third kappa shape index (κ3) is 11.0. The number of allylic oxidation sites excluding steroid dienone is 3. The van der Waals surface area contributed by atoms with Gasteiger partial charge in [0, 0.05) is 23.3 Å². The molecule has 0 bridgehead atoms. The van der Waals surface area contributed by atoms with E-state index in [1.165, 1.54) is 6.92 Å². The van der Waals surface area contributed by atoms with Crippen molar-refractivity contribution in [3.63, 3.8) is 0 Å². The number of carboxylic acids is 1. The Balaban J connectivity index is 1.06. The monoisotopic (exact) mass is 1230 g/mol. The van der Waals surface area contributed by atoms with Crippen LogP contribution in [0, 0.1) is 50.2 Å². The van der Waals surface area contributed by atoms with Crippen molar-refractivity contribution >= 4 is 17.9 Å². The summed E-state index contributed by atoms with van der Waals surface area (Å²) >= 11 is 0. The van der Waals surface area contributed by atoms with E-state index < -0.39 is 224 Å². The van der Waals surface area contributed by atoms with Gasteiger partial charge in [-0.15, -0.1) is 0 Å². The molecule has 9 rings (SSSR count). The van der Waals surface area contributed by atoms with Crippen LogP contribution in [0.3, 0.4) is 0 Å². The Morgan fingerprint density at radius 1 is 0.640 bits per heavy atom. The molecule has 8 fully saturated rings. The molecule has 27 heteroatoms. The molecule has 5 aliphatic carbocycles. The average molecular weight is 1230 g/mol.